The van der Waals surface area contributed by atoms with Crippen molar-refractivity contribution in [3.63, 3.8) is 0 Å². The number of carboxylic acids is 1. The van der Waals surface area contributed by atoms with E-state index >= 15 is 0 Å². The zero-order valence-electron chi connectivity index (χ0n) is 17.1. The molecule has 4 rings (SSSR count). The van der Waals surface area contributed by atoms with Crippen molar-refractivity contribution in [2.24, 2.45) is 4.99 Å². The molecule has 0 fully saturated rings. The summed E-state index contributed by atoms with van der Waals surface area (Å²) in [6.07, 6.45) is -0.0925. The van der Waals surface area contributed by atoms with Crippen molar-refractivity contribution in [1.82, 2.24) is 14.8 Å². The summed E-state index contributed by atoms with van der Waals surface area (Å²) in [6, 6.07) is 10.4. The summed E-state index contributed by atoms with van der Waals surface area (Å²) < 4.78 is 1.60. The number of non-ortho nitro benzene ring substituents is 1. The molecule has 168 valence electrons. The number of nitro groups is 1. The highest BCUT2D eigenvalue weighted by atomic mass is 35.5. The van der Waals surface area contributed by atoms with Crippen molar-refractivity contribution in [3.05, 3.63) is 74.6 Å². The monoisotopic (exact) mass is 485 g/mol. The van der Waals surface area contributed by atoms with Gasteiger partial charge in [-0.05, 0) is 30.3 Å². The van der Waals surface area contributed by atoms with Crippen LogP contribution in [0.15, 0.2) is 52.6 Å². The third-order valence-electron chi connectivity index (χ3n) is 4.92. The van der Waals surface area contributed by atoms with E-state index in [-0.39, 0.29) is 28.8 Å². The number of carbonyl (C=O) groups is 2. The molecule has 33 heavy (non-hydrogen) atoms. The van der Waals surface area contributed by atoms with Gasteiger partial charge in [0.05, 0.1) is 16.3 Å². The molecule has 0 unspecified atom stereocenters. The van der Waals surface area contributed by atoms with Crippen LogP contribution in [0.25, 0.3) is 5.69 Å². The predicted molar refractivity (Wildman–Crippen MR) is 121 cm³/mol. The average Bonchev–Trinajstić information content (AvgIpc) is 3.10. The molecule has 1 atom stereocenters. The van der Waals surface area contributed by atoms with Gasteiger partial charge in [0.25, 0.3) is 5.69 Å². The Kier molecular flexibility index (Phi) is 6.25. The number of fused-ring (bicyclic) bond motifs is 3. The summed E-state index contributed by atoms with van der Waals surface area (Å²) >= 11 is 7.30. The lowest BCUT2D eigenvalue weighted by Gasteiger charge is -2.13. The Morgan fingerprint density at radius 3 is 2.64 bits per heavy atom. The molecule has 3 aromatic rings. The van der Waals surface area contributed by atoms with E-state index in [1.165, 1.54) is 25.1 Å². The van der Waals surface area contributed by atoms with Crippen LogP contribution in [0.5, 0.6) is 0 Å². The minimum absolute atomic E-state index is 0.0994. The van der Waals surface area contributed by atoms with E-state index in [1.807, 2.05) is 0 Å². The van der Waals surface area contributed by atoms with Crippen molar-refractivity contribution in [1.29, 1.82) is 0 Å². The molecule has 0 radical (unpaired) electrons. The summed E-state index contributed by atoms with van der Waals surface area (Å²) in [5, 5.41) is 29.5. The summed E-state index contributed by atoms with van der Waals surface area (Å²) in [4.78, 5) is 38.9. The van der Waals surface area contributed by atoms with E-state index in [1.54, 1.807) is 28.8 Å². The molecule has 0 amide bonds. The van der Waals surface area contributed by atoms with E-state index in [9.17, 15) is 24.8 Å². The van der Waals surface area contributed by atoms with E-state index in [4.69, 9.17) is 16.6 Å². The minimum Gasteiger partial charge on any atom is -0.481 e. The third-order valence-corrected chi connectivity index (χ3v) is 5.99. The number of benzene rings is 2. The molecule has 2 heterocycles. The first-order valence-electron chi connectivity index (χ1n) is 9.73. The van der Waals surface area contributed by atoms with Gasteiger partial charge < -0.3 is 5.11 Å². The first kappa shape index (κ1) is 22.6. The quantitative estimate of drug-likeness (QED) is 0.310. The maximum absolute atomic E-state index is 11.8. The number of thioether (sulfide) groups is 1. The van der Waals surface area contributed by atoms with Gasteiger partial charge in [0, 0.05) is 41.6 Å². The molecule has 1 N–H and O–H groups in total. The largest absolute Gasteiger partial charge is 0.481 e. The number of carboxylic acid groups (broad SMARTS) is 1. The molecular formula is C21H16ClN5O5S. The SMILES string of the molecule is CC(=O)Sc1nnc2n1-c1ccc([N+](=O)[O-])cc1C(c1ccccc1Cl)=N[C@H]2CCC(=O)O. The number of aliphatic carboxylic acids is 1. The van der Waals surface area contributed by atoms with Crippen molar-refractivity contribution in [2.45, 2.75) is 31.0 Å². The maximum Gasteiger partial charge on any atom is 0.303 e. The number of hydrogen-bond acceptors (Lipinski definition) is 8. The van der Waals surface area contributed by atoms with Crippen molar-refractivity contribution < 1.29 is 19.6 Å². The van der Waals surface area contributed by atoms with Crippen LogP contribution >= 0.6 is 23.4 Å². The minimum atomic E-state index is -1.01. The van der Waals surface area contributed by atoms with Gasteiger partial charge in [-0.1, -0.05) is 29.8 Å². The zero-order chi connectivity index (χ0) is 23.7. The van der Waals surface area contributed by atoms with Crippen LogP contribution < -0.4 is 0 Å². The van der Waals surface area contributed by atoms with Crippen molar-refractivity contribution in [2.75, 3.05) is 0 Å². The Balaban J connectivity index is 2.03. The van der Waals surface area contributed by atoms with Crippen LogP contribution in [-0.2, 0) is 9.59 Å². The Labute approximate surface area is 196 Å². The molecule has 1 aliphatic heterocycles. The smallest absolute Gasteiger partial charge is 0.303 e. The number of nitro benzene ring substituents is 1. The van der Waals surface area contributed by atoms with Gasteiger partial charge in [-0.2, -0.15) is 0 Å². The number of nitrogens with zero attached hydrogens (tertiary/aromatic N) is 5. The molecule has 12 heteroatoms. The Hall–Kier alpha value is -3.57. The predicted octanol–water partition coefficient (Wildman–Crippen LogP) is 4.22. The number of aliphatic imine (C=N–C) groups is 1. The van der Waals surface area contributed by atoms with Gasteiger partial charge >= 0.3 is 5.97 Å². The molecular weight excluding hydrogens is 470 g/mol. The fourth-order valence-electron chi connectivity index (χ4n) is 3.55. The lowest BCUT2D eigenvalue weighted by Crippen LogP contribution is -2.09. The summed E-state index contributed by atoms with van der Waals surface area (Å²) in [5.41, 5.74) is 1.59. The highest BCUT2D eigenvalue weighted by molar-refractivity contribution is 8.13. The van der Waals surface area contributed by atoms with Crippen molar-refractivity contribution >= 4 is 45.8 Å². The third kappa shape index (κ3) is 4.50. The lowest BCUT2D eigenvalue weighted by atomic mass is 9.99. The van der Waals surface area contributed by atoms with Crippen molar-refractivity contribution in [3.8, 4) is 5.69 Å². The molecule has 0 aliphatic carbocycles. The van der Waals surface area contributed by atoms with Crippen LogP contribution in [0.2, 0.25) is 5.02 Å². The molecule has 1 aliphatic rings. The van der Waals surface area contributed by atoms with Crippen LogP contribution in [0.3, 0.4) is 0 Å². The molecule has 2 aromatic carbocycles. The first-order valence-corrected chi connectivity index (χ1v) is 10.9. The van der Waals surface area contributed by atoms with Gasteiger partial charge in [0.1, 0.15) is 6.04 Å². The Bertz CT molecular complexity index is 1320. The number of aromatic nitrogens is 3. The summed E-state index contributed by atoms with van der Waals surface area (Å²) in [6.45, 7) is 1.38. The standard InChI is InChI=1S/C21H16ClN5O5S/c1-11(28)33-21-25-24-20-16(7-9-18(29)30)23-19(13-4-2-3-5-15(13)22)14-10-12(27(31)32)6-8-17(14)26(20)21/h2-6,8,10,16H,7,9H2,1H3,(H,29,30)/t16-/m0/s1. The van der Waals surface area contributed by atoms with E-state index < -0.39 is 16.9 Å². The summed E-state index contributed by atoms with van der Waals surface area (Å²) in [7, 11) is 0. The molecule has 0 bridgehead atoms. The van der Waals surface area contributed by atoms with Gasteiger partial charge in [-0.15, -0.1) is 10.2 Å². The molecule has 0 spiro atoms. The highest BCUT2D eigenvalue weighted by Crippen LogP contribution is 2.37. The molecule has 1 aromatic heterocycles. The van der Waals surface area contributed by atoms with Gasteiger partial charge in [0.15, 0.2) is 10.9 Å². The van der Waals surface area contributed by atoms with Crippen LogP contribution in [0, 0.1) is 10.1 Å². The second kappa shape index (κ2) is 9.12. The van der Waals surface area contributed by atoms with E-state index in [0.29, 0.717) is 33.4 Å². The van der Waals surface area contributed by atoms with Gasteiger partial charge in [-0.25, -0.2) is 0 Å². The molecule has 0 saturated heterocycles. The first-order chi connectivity index (χ1) is 15.8. The Morgan fingerprint density at radius 2 is 1.97 bits per heavy atom. The fourth-order valence-corrected chi connectivity index (χ4v) is 4.39. The molecule has 0 saturated carbocycles. The normalized spacial score (nSPS) is 14.6. The zero-order valence-corrected chi connectivity index (χ0v) is 18.7. The maximum atomic E-state index is 11.8. The fraction of sp³-hybridized carbons (Fsp3) is 0.190. The second-order valence-corrected chi connectivity index (χ2v) is 8.69. The van der Waals surface area contributed by atoms with Crippen LogP contribution in [-0.4, -0.2) is 41.6 Å². The summed E-state index contributed by atoms with van der Waals surface area (Å²) in [5.74, 6) is -0.677. The Morgan fingerprint density at radius 1 is 1.21 bits per heavy atom. The lowest BCUT2D eigenvalue weighted by molar-refractivity contribution is -0.384. The topological polar surface area (TPSA) is 141 Å². The van der Waals surface area contributed by atoms with E-state index in [2.05, 4.69) is 10.2 Å². The van der Waals surface area contributed by atoms with E-state index in [0.717, 1.165) is 11.8 Å². The average molecular weight is 486 g/mol. The number of halogens is 1. The van der Waals surface area contributed by atoms with Crippen LogP contribution in [0.1, 0.15) is 42.8 Å². The van der Waals surface area contributed by atoms with Crippen LogP contribution in [0.4, 0.5) is 5.69 Å². The number of rotatable bonds is 6. The highest BCUT2D eigenvalue weighted by Gasteiger charge is 2.31. The second-order valence-electron chi connectivity index (χ2n) is 7.13. The van der Waals surface area contributed by atoms with Gasteiger partial charge in [0.2, 0.25) is 5.16 Å². The number of hydrogen-bond donors (Lipinski definition) is 1. The number of carbonyl (C=O) groups excluding carboxylic acids is 1. The van der Waals surface area contributed by atoms with Gasteiger partial charge in [-0.3, -0.25) is 29.3 Å². The molecule has 10 nitrogen and oxygen atoms in total.